The summed E-state index contributed by atoms with van der Waals surface area (Å²) in [6.07, 6.45) is 3.65. The lowest BCUT2D eigenvalue weighted by Crippen LogP contribution is -2.15. The van der Waals surface area contributed by atoms with Crippen molar-refractivity contribution in [3.8, 4) is 0 Å². The van der Waals surface area contributed by atoms with Crippen LogP contribution >= 0.6 is 0 Å². The zero-order chi connectivity index (χ0) is 15.5. The Hall–Kier alpha value is -1.39. The maximum Gasteiger partial charge on any atom is 0.0728 e. The summed E-state index contributed by atoms with van der Waals surface area (Å²) in [5.41, 5.74) is 3.81. The van der Waals surface area contributed by atoms with Crippen molar-refractivity contribution < 1.29 is 4.74 Å². The van der Waals surface area contributed by atoms with Crippen LogP contribution < -0.4 is 5.32 Å². The first-order chi connectivity index (χ1) is 10.7. The molecule has 0 bridgehead atoms. The van der Waals surface area contributed by atoms with Gasteiger partial charge in [-0.05, 0) is 36.8 Å². The highest BCUT2D eigenvalue weighted by Crippen LogP contribution is 2.26. The molecule has 22 heavy (non-hydrogen) atoms. The molecule has 0 saturated heterocycles. The molecule has 4 nitrogen and oxygen atoms in total. The fraction of sp³-hybridized carbons (Fsp3) is 0.611. The molecule has 0 amide bonds. The molecule has 1 aliphatic carbocycles. The molecule has 1 aliphatic rings. The van der Waals surface area contributed by atoms with E-state index in [2.05, 4.69) is 42.0 Å². The molecule has 0 spiro atoms. The van der Waals surface area contributed by atoms with Crippen LogP contribution in [0.2, 0.25) is 0 Å². The second kappa shape index (κ2) is 6.80. The summed E-state index contributed by atoms with van der Waals surface area (Å²) in [5, 5.41) is 9.73. The van der Waals surface area contributed by atoms with Gasteiger partial charge in [0, 0.05) is 38.2 Å². The summed E-state index contributed by atoms with van der Waals surface area (Å²) in [6.45, 7) is 7.08. The van der Waals surface area contributed by atoms with E-state index in [1.54, 1.807) is 7.11 Å². The van der Waals surface area contributed by atoms with E-state index in [4.69, 9.17) is 9.84 Å². The van der Waals surface area contributed by atoms with E-state index >= 15 is 0 Å². The zero-order valence-corrected chi connectivity index (χ0v) is 13.9. The molecular weight excluding hydrogens is 274 g/mol. The fourth-order valence-electron chi connectivity index (χ4n) is 2.86. The Kier molecular flexibility index (Phi) is 4.79. The molecule has 1 aromatic heterocycles. The summed E-state index contributed by atoms with van der Waals surface area (Å²) in [4.78, 5) is 0. The predicted octanol–water partition coefficient (Wildman–Crippen LogP) is 3.45. The molecule has 0 aliphatic heterocycles. The van der Waals surface area contributed by atoms with Crippen molar-refractivity contribution in [2.75, 3.05) is 13.7 Å². The average Bonchev–Trinajstić information content (AvgIpc) is 3.27. The minimum absolute atomic E-state index is 0.446. The second-order valence-electron chi connectivity index (χ2n) is 6.62. The molecule has 4 heteroatoms. The minimum atomic E-state index is 0.446. The molecule has 1 aromatic carbocycles. The highest BCUT2D eigenvalue weighted by atomic mass is 16.5. The van der Waals surface area contributed by atoms with Crippen molar-refractivity contribution >= 4 is 10.9 Å². The van der Waals surface area contributed by atoms with Crippen LogP contribution in [0.15, 0.2) is 18.2 Å². The molecule has 3 rings (SSSR count). The van der Waals surface area contributed by atoms with E-state index in [1.165, 1.54) is 35.0 Å². The van der Waals surface area contributed by atoms with Crippen LogP contribution in [-0.4, -0.2) is 29.5 Å². The van der Waals surface area contributed by atoms with Crippen molar-refractivity contribution in [3.63, 3.8) is 0 Å². The third-order valence-electron chi connectivity index (χ3n) is 4.28. The molecule has 2 aromatic rings. The Balaban J connectivity index is 1.86. The Morgan fingerprint density at radius 2 is 2.18 bits per heavy atom. The fourth-order valence-corrected chi connectivity index (χ4v) is 2.86. The lowest BCUT2D eigenvalue weighted by Gasteiger charge is -2.06. The van der Waals surface area contributed by atoms with E-state index in [1.807, 2.05) is 0 Å². The van der Waals surface area contributed by atoms with Gasteiger partial charge < -0.3 is 10.1 Å². The molecule has 0 atom stereocenters. The van der Waals surface area contributed by atoms with Crippen molar-refractivity contribution in [3.05, 3.63) is 29.5 Å². The number of nitrogens with one attached hydrogen (secondary N) is 1. The highest BCUT2D eigenvalue weighted by Gasteiger charge is 2.20. The standard InChI is InChI=1S/C18H27N3O/c1-13(2)18-16-8-5-14(12-19-15-6-7-15)11-17(16)21(20-18)9-4-10-22-3/h5,8,11,13,15,19H,4,6-7,9-10,12H2,1-3H3. The molecule has 1 heterocycles. The maximum absolute atomic E-state index is 5.17. The van der Waals surface area contributed by atoms with Gasteiger partial charge in [-0.1, -0.05) is 26.0 Å². The van der Waals surface area contributed by atoms with Gasteiger partial charge >= 0.3 is 0 Å². The van der Waals surface area contributed by atoms with Crippen molar-refractivity contribution in [1.29, 1.82) is 0 Å². The number of rotatable bonds is 8. The van der Waals surface area contributed by atoms with Crippen LogP contribution in [0.3, 0.4) is 0 Å². The molecule has 0 unspecified atom stereocenters. The number of hydrogen-bond donors (Lipinski definition) is 1. The second-order valence-corrected chi connectivity index (χ2v) is 6.62. The van der Waals surface area contributed by atoms with Gasteiger partial charge in [-0.2, -0.15) is 5.10 Å². The van der Waals surface area contributed by atoms with Crippen LogP contribution in [0.5, 0.6) is 0 Å². The molecule has 1 saturated carbocycles. The van der Waals surface area contributed by atoms with Gasteiger partial charge in [-0.15, -0.1) is 0 Å². The van der Waals surface area contributed by atoms with Crippen LogP contribution in [0, 0.1) is 0 Å². The number of hydrogen-bond acceptors (Lipinski definition) is 3. The molecule has 1 N–H and O–H groups in total. The Bertz CT molecular complexity index is 629. The first kappa shape index (κ1) is 15.5. The Morgan fingerprint density at radius 3 is 2.86 bits per heavy atom. The van der Waals surface area contributed by atoms with Crippen LogP contribution in [0.1, 0.15) is 50.3 Å². The summed E-state index contributed by atoms with van der Waals surface area (Å²) in [6, 6.07) is 7.53. The van der Waals surface area contributed by atoms with E-state index < -0.39 is 0 Å². The number of aryl methyl sites for hydroxylation is 1. The van der Waals surface area contributed by atoms with Crippen LogP contribution in [0.4, 0.5) is 0 Å². The van der Waals surface area contributed by atoms with Crippen molar-refractivity contribution in [1.82, 2.24) is 15.1 Å². The minimum Gasteiger partial charge on any atom is -0.385 e. The largest absolute Gasteiger partial charge is 0.385 e. The number of nitrogens with zero attached hydrogens (tertiary/aromatic N) is 2. The summed E-state index contributed by atoms with van der Waals surface area (Å²) < 4.78 is 7.33. The van der Waals surface area contributed by atoms with Crippen LogP contribution in [0.25, 0.3) is 10.9 Å². The first-order valence-corrected chi connectivity index (χ1v) is 8.40. The Morgan fingerprint density at radius 1 is 1.36 bits per heavy atom. The smallest absolute Gasteiger partial charge is 0.0728 e. The van der Waals surface area contributed by atoms with Crippen molar-refractivity contribution in [2.24, 2.45) is 0 Å². The maximum atomic E-state index is 5.17. The van der Waals surface area contributed by atoms with E-state index in [-0.39, 0.29) is 0 Å². The van der Waals surface area contributed by atoms with Crippen molar-refractivity contribution in [2.45, 2.75) is 58.2 Å². The van der Waals surface area contributed by atoms with E-state index in [0.717, 1.165) is 32.2 Å². The highest BCUT2D eigenvalue weighted by molar-refractivity contribution is 5.83. The third-order valence-corrected chi connectivity index (χ3v) is 4.28. The normalized spacial score (nSPS) is 15.1. The number of benzene rings is 1. The van der Waals surface area contributed by atoms with Gasteiger partial charge in [-0.3, -0.25) is 4.68 Å². The predicted molar refractivity (Wildman–Crippen MR) is 90.2 cm³/mol. The molecule has 1 fully saturated rings. The molecule has 120 valence electrons. The van der Waals surface area contributed by atoms with Gasteiger partial charge in [0.1, 0.15) is 0 Å². The molecule has 0 radical (unpaired) electrons. The number of aromatic nitrogens is 2. The topological polar surface area (TPSA) is 39.1 Å². The summed E-state index contributed by atoms with van der Waals surface area (Å²) in [7, 11) is 1.75. The van der Waals surface area contributed by atoms with E-state index in [0.29, 0.717) is 5.92 Å². The number of methoxy groups -OCH3 is 1. The van der Waals surface area contributed by atoms with Gasteiger partial charge in [0.05, 0.1) is 11.2 Å². The average molecular weight is 301 g/mol. The number of ether oxygens (including phenoxy) is 1. The summed E-state index contributed by atoms with van der Waals surface area (Å²) in [5.74, 6) is 0.446. The quantitative estimate of drug-likeness (QED) is 0.759. The lowest BCUT2D eigenvalue weighted by atomic mass is 10.0. The number of fused-ring (bicyclic) bond motifs is 1. The van der Waals surface area contributed by atoms with Gasteiger partial charge in [0.2, 0.25) is 0 Å². The zero-order valence-electron chi connectivity index (χ0n) is 13.9. The monoisotopic (exact) mass is 301 g/mol. The summed E-state index contributed by atoms with van der Waals surface area (Å²) >= 11 is 0. The lowest BCUT2D eigenvalue weighted by molar-refractivity contribution is 0.189. The van der Waals surface area contributed by atoms with Gasteiger partial charge in [0.15, 0.2) is 0 Å². The Labute approximate surface area is 132 Å². The third kappa shape index (κ3) is 3.50. The van der Waals surface area contributed by atoms with E-state index in [9.17, 15) is 0 Å². The molecular formula is C18H27N3O. The van der Waals surface area contributed by atoms with Gasteiger partial charge in [0.25, 0.3) is 0 Å². The first-order valence-electron chi connectivity index (χ1n) is 8.40. The van der Waals surface area contributed by atoms with Crippen LogP contribution in [-0.2, 0) is 17.8 Å². The van der Waals surface area contributed by atoms with Gasteiger partial charge in [-0.25, -0.2) is 0 Å². The SMILES string of the molecule is COCCCn1nc(C(C)C)c2ccc(CNC3CC3)cc21.